The highest BCUT2D eigenvalue weighted by atomic mass is 32.1. The zero-order chi connectivity index (χ0) is 5.49. The van der Waals surface area contributed by atoms with Crippen molar-refractivity contribution in [3.05, 3.63) is 0 Å². The lowest BCUT2D eigenvalue weighted by Gasteiger charge is -2.36. The maximum atomic E-state index is 8.79. The molecule has 0 aromatic heterocycles. The molecule has 0 unspecified atom stereocenters. The Balaban J connectivity index is 2.29. The molecule has 0 radical (unpaired) electrons. The van der Waals surface area contributed by atoms with Crippen molar-refractivity contribution in [2.75, 3.05) is 0 Å². The first-order chi connectivity index (χ1) is 3.10. The third-order valence-corrected chi connectivity index (χ3v) is 1.49. The fourth-order valence-corrected chi connectivity index (χ4v) is 1.12. The van der Waals surface area contributed by atoms with Crippen molar-refractivity contribution in [2.24, 2.45) is 0 Å². The second-order valence-corrected chi connectivity index (χ2v) is 2.88. The Kier molecular flexibility index (Phi) is 1.06. The number of aliphatic hydroxyl groups excluding tert-OH is 1. The van der Waals surface area contributed by atoms with Crippen molar-refractivity contribution in [1.82, 2.24) is 0 Å². The zero-order valence-electron chi connectivity index (χ0n) is 3.83. The Bertz CT molecular complexity index is 73.8. The molecular formula is C4H8O2S. The summed E-state index contributed by atoms with van der Waals surface area (Å²) < 4.78 is 0. The predicted octanol–water partition coefficient (Wildman–Crippen LogP) is -0.240. The van der Waals surface area contributed by atoms with E-state index < -0.39 is 4.93 Å². The van der Waals surface area contributed by atoms with E-state index in [-0.39, 0.29) is 6.10 Å². The van der Waals surface area contributed by atoms with Gasteiger partial charge in [-0.25, -0.2) is 0 Å². The maximum Gasteiger partial charge on any atom is 0.112 e. The average Bonchev–Trinajstić information content (AvgIpc) is 1.27. The first kappa shape index (κ1) is 5.41. The van der Waals surface area contributed by atoms with Crippen LogP contribution >= 0.6 is 12.6 Å². The van der Waals surface area contributed by atoms with Crippen molar-refractivity contribution in [1.29, 1.82) is 0 Å². The second-order valence-electron chi connectivity index (χ2n) is 2.04. The van der Waals surface area contributed by atoms with Gasteiger partial charge in [-0.1, -0.05) is 0 Å². The fraction of sp³-hybridized carbons (Fsp3) is 1.00. The van der Waals surface area contributed by atoms with Crippen LogP contribution in [0.2, 0.25) is 0 Å². The van der Waals surface area contributed by atoms with Crippen LogP contribution in [0.3, 0.4) is 0 Å². The average molecular weight is 120 g/mol. The molecule has 0 heterocycles. The molecular weight excluding hydrogens is 112 g/mol. The first-order valence-corrected chi connectivity index (χ1v) is 2.68. The Hall–Kier alpha value is 0.270. The Morgan fingerprint density at radius 2 is 2.00 bits per heavy atom. The van der Waals surface area contributed by atoms with Gasteiger partial charge < -0.3 is 10.2 Å². The van der Waals surface area contributed by atoms with Gasteiger partial charge in [-0.3, -0.25) is 0 Å². The minimum Gasteiger partial charge on any atom is -0.393 e. The van der Waals surface area contributed by atoms with E-state index in [4.69, 9.17) is 10.2 Å². The van der Waals surface area contributed by atoms with E-state index in [2.05, 4.69) is 12.6 Å². The van der Waals surface area contributed by atoms with Crippen molar-refractivity contribution >= 4 is 12.6 Å². The number of hydrogen-bond acceptors (Lipinski definition) is 3. The normalized spacial score (nSPS) is 51.0. The van der Waals surface area contributed by atoms with Gasteiger partial charge in [0.15, 0.2) is 0 Å². The fourth-order valence-electron chi connectivity index (χ4n) is 0.695. The van der Waals surface area contributed by atoms with Crippen LogP contribution in [0.1, 0.15) is 12.8 Å². The van der Waals surface area contributed by atoms with Crippen LogP contribution in [-0.2, 0) is 0 Å². The Morgan fingerprint density at radius 3 is 2.00 bits per heavy atom. The van der Waals surface area contributed by atoms with E-state index in [0.29, 0.717) is 12.8 Å². The molecule has 1 rings (SSSR count). The third kappa shape index (κ3) is 1.08. The van der Waals surface area contributed by atoms with Crippen LogP contribution in [-0.4, -0.2) is 21.3 Å². The summed E-state index contributed by atoms with van der Waals surface area (Å²) in [7, 11) is 0. The number of aliphatic hydroxyl groups is 2. The molecule has 0 bridgehead atoms. The molecule has 1 aliphatic carbocycles. The quantitative estimate of drug-likeness (QED) is 0.305. The minimum atomic E-state index is -0.862. The highest BCUT2D eigenvalue weighted by Crippen LogP contribution is 2.34. The van der Waals surface area contributed by atoms with Crippen molar-refractivity contribution < 1.29 is 10.2 Å². The molecule has 1 aliphatic rings. The van der Waals surface area contributed by atoms with Crippen molar-refractivity contribution in [2.45, 2.75) is 23.9 Å². The molecule has 0 atom stereocenters. The van der Waals surface area contributed by atoms with Gasteiger partial charge in [0.25, 0.3) is 0 Å². The summed E-state index contributed by atoms with van der Waals surface area (Å²) in [6.07, 6.45) is 0.508. The molecule has 3 heteroatoms. The van der Waals surface area contributed by atoms with Crippen LogP contribution in [0.15, 0.2) is 0 Å². The van der Waals surface area contributed by atoms with Gasteiger partial charge in [-0.2, -0.15) is 0 Å². The molecule has 0 aliphatic heterocycles. The van der Waals surface area contributed by atoms with E-state index in [1.807, 2.05) is 0 Å². The van der Waals surface area contributed by atoms with E-state index >= 15 is 0 Å². The standard InChI is InChI=1S/C4H8O2S/c5-3-1-4(6,7)2-3/h3,5-7H,1-2H2. The molecule has 0 amide bonds. The summed E-state index contributed by atoms with van der Waals surface area (Å²) in [6.45, 7) is 0. The third-order valence-electron chi connectivity index (χ3n) is 1.13. The monoisotopic (exact) mass is 120 g/mol. The van der Waals surface area contributed by atoms with Crippen LogP contribution in [0.25, 0.3) is 0 Å². The highest BCUT2D eigenvalue weighted by Gasteiger charge is 2.37. The molecule has 1 saturated carbocycles. The summed E-state index contributed by atoms with van der Waals surface area (Å²) in [6, 6.07) is 0. The van der Waals surface area contributed by atoms with Crippen LogP contribution < -0.4 is 0 Å². The number of hydrogen-bond donors (Lipinski definition) is 3. The smallest absolute Gasteiger partial charge is 0.112 e. The summed E-state index contributed by atoms with van der Waals surface area (Å²) in [5.41, 5.74) is 0. The lowest BCUT2D eigenvalue weighted by atomic mass is 9.92. The van der Waals surface area contributed by atoms with Gasteiger partial charge >= 0.3 is 0 Å². The van der Waals surface area contributed by atoms with Crippen molar-refractivity contribution in [3.63, 3.8) is 0 Å². The van der Waals surface area contributed by atoms with E-state index in [0.717, 1.165) is 0 Å². The van der Waals surface area contributed by atoms with Crippen molar-refractivity contribution in [3.8, 4) is 0 Å². The number of rotatable bonds is 0. The molecule has 0 aromatic carbocycles. The largest absolute Gasteiger partial charge is 0.393 e. The van der Waals surface area contributed by atoms with E-state index in [1.165, 1.54) is 0 Å². The zero-order valence-corrected chi connectivity index (χ0v) is 4.73. The molecule has 1 fully saturated rings. The lowest BCUT2D eigenvalue weighted by Crippen LogP contribution is -2.42. The van der Waals surface area contributed by atoms with Gasteiger partial charge in [0.1, 0.15) is 4.93 Å². The SMILES string of the molecule is OC1CC(O)(S)C1. The summed E-state index contributed by atoms with van der Waals surface area (Å²) >= 11 is 3.80. The molecule has 0 saturated heterocycles. The topological polar surface area (TPSA) is 40.5 Å². The van der Waals surface area contributed by atoms with Gasteiger partial charge in [-0.05, 0) is 0 Å². The Labute approximate surface area is 47.6 Å². The lowest BCUT2D eigenvalue weighted by molar-refractivity contribution is -0.0479. The van der Waals surface area contributed by atoms with E-state index in [9.17, 15) is 0 Å². The molecule has 2 N–H and O–H groups in total. The van der Waals surface area contributed by atoms with Gasteiger partial charge in [0, 0.05) is 12.8 Å². The second kappa shape index (κ2) is 1.37. The number of thiol groups is 1. The molecule has 42 valence electrons. The molecule has 0 spiro atoms. The highest BCUT2D eigenvalue weighted by molar-refractivity contribution is 7.81. The Morgan fingerprint density at radius 1 is 1.57 bits per heavy atom. The summed E-state index contributed by atoms with van der Waals surface area (Å²) in [5.74, 6) is 0. The molecule has 2 nitrogen and oxygen atoms in total. The molecule has 0 aromatic rings. The van der Waals surface area contributed by atoms with Gasteiger partial charge in [0.2, 0.25) is 0 Å². The van der Waals surface area contributed by atoms with Crippen LogP contribution in [0, 0.1) is 0 Å². The minimum absolute atomic E-state index is 0.317. The maximum absolute atomic E-state index is 8.79. The van der Waals surface area contributed by atoms with Gasteiger partial charge in [-0.15, -0.1) is 12.6 Å². The van der Waals surface area contributed by atoms with E-state index in [1.54, 1.807) is 0 Å². The molecule has 7 heavy (non-hydrogen) atoms. The first-order valence-electron chi connectivity index (χ1n) is 2.23. The predicted molar refractivity (Wildman–Crippen MR) is 29.2 cm³/mol. The summed E-state index contributed by atoms with van der Waals surface area (Å²) in [5, 5.41) is 17.4. The van der Waals surface area contributed by atoms with Gasteiger partial charge in [0.05, 0.1) is 6.10 Å². The van der Waals surface area contributed by atoms with Crippen LogP contribution in [0.5, 0.6) is 0 Å². The summed E-state index contributed by atoms with van der Waals surface area (Å²) in [4.78, 5) is -0.862. The van der Waals surface area contributed by atoms with Crippen LogP contribution in [0.4, 0.5) is 0 Å².